The van der Waals surface area contributed by atoms with Gasteiger partial charge in [0.1, 0.15) is 0 Å². The number of hydrogen-bond acceptors (Lipinski definition) is 2. The van der Waals surface area contributed by atoms with Crippen LogP contribution in [-0.4, -0.2) is 19.3 Å². The molecule has 1 N–H and O–H groups in total. The van der Waals surface area contributed by atoms with Crippen molar-refractivity contribution in [3.05, 3.63) is 35.4 Å². The standard InChI is InChI=1S/C15H23NO/c1-11-5-4-6-14(9-11)12(2)16-13(3)15-7-8-17-10-15/h4-6,9,12-13,15-16H,7-8,10H2,1-3H3/t12-,13?,15?/m0/s1. The smallest absolute Gasteiger partial charge is 0.0509 e. The van der Waals surface area contributed by atoms with Crippen molar-refractivity contribution in [1.82, 2.24) is 5.32 Å². The maximum Gasteiger partial charge on any atom is 0.0509 e. The SMILES string of the molecule is Cc1cccc([C@H](C)NC(C)C2CCOC2)c1. The van der Waals surface area contributed by atoms with E-state index in [0.717, 1.165) is 13.2 Å². The Balaban J connectivity index is 1.93. The molecule has 0 aromatic heterocycles. The minimum atomic E-state index is 0.408. The molecule has 3 atom stereocenters. The molecule has 2 heteroatoms. The maximum atomic E-state index is 5.44. The van der Waals surface area contributed by atoms with Crippen LogP contribution in [0.1, 0.15) is 37.4 Å². The summed E-state index contributed by atoms with van der Waals surface area (Å²) in [7, 11) is 0. The highest BCUT2D eigenvalue weighted by atomic mass is 16.5. The Morgan fingerprint density at radius 1 is 1.35 bits per heavy atom. The first kappa shape index (κ1) is 12.6. The predicted octanol–water partition coefficient (Wildman–Crippen LogP) is 3.07. The third-order valence-corrected chi connectivity index (χ3v) is 3.73. The Morgan fingerprint density at radius 3 is 2.82 bits per heavy atom. The molecule has 0 bridgehead atoms. The van der Waals surface area contributed by atoms with Gasteiger partial charge in [0, 0.05) is 18.7 Å². The molecule has 0 saturated carbocycles. The average Bonchev–Trinajstić information content (AvgIpc) is 2.82. The molecule has 2 rings (SSSR count). The molecular weight excluding hydrogens is 210 g/mol. The first-order valence-corrected chi connectivity index (χ1v) is 6.57. The fourth-order valence-corrected chi connectivity index (χ4v) is 2.51. The van der Waals surface area contributed by atoms with Gasteiger partial charge < -0.3 is 10.1 Å². The molecule has 0 spiro atoms. The lowest BCUT2D eigenvalue weighted by molar-refractivity contribution is 0.177. The van der Waals surface area contributed by atoms with E-state index in [0.29, 0.717) is 18.0 Å². The van der Waals surface area contributed by atoms with E-state index in [1.807, 2.05) is 0 Å². The number of ether oxygens (including phenoxy) is 1. The van der Waals surface area contributed by atoms with E-state index in [2.05, 4.69) is 50.4 Å². The molecule has 1 aromatic rings. The molecule has 1 aliphatic heterocycles. The van der Waals surface area contributed by atoms with E-state index in [-0.39, 0.29) is 0 Å². The Labute approximate surface area is 104 Å². The van der Waals surface area contributed by atoms with Crippen LogP contribution in [0.15, 0.2) is 24.3 Å². The topological polar surface area (TPSA) is 21.3 Å². The van der Waals surface area contributed by atoms with Gasteiger partial charge in [0.2, 0.25) is 0 Å². The van der Waals surface area contributed by atoms with E-state index < -0.39 is 0 Å². The van der Waals surface area contributed by atoms with Crippen molar-refractivity contribution in [2.45, 2.75) is 39.3 Å². The number of nitrogens with one attached hydrogen (secondary N) is 1. The first-order valence-electron chi connectivity index (χ1n) is 6.57. The fraction of sp³-hybridized carbons (Fsp3) is 0.600. The summed E-state index contributed by atoms with van der Waals surface area (Å²) in [6, 6.07) is 9.66. The zero-order chi connectivity index (χ0) is 12.3. The minimum absolute atomic E-state index is 0.408. The summed E-state index contributed by atoms with van der Waals surface area (Å²) in [5.74, 6) is 0.669. The second-order valence-electron chi connectivity index (χ2n) is 5.21. The van der Waals surface area contributed by atoms with Gasteiger partial charge in [0.15, 0.2) is 0 Å². The molecule has 0 amide bonds. The van der Waals surface area contributed by atoms with Crippen LogP contribution in [0.4, 0.5) is 0 Å². The highest BCUT2D eigenvalue weighted by Crippen LogP contribution is 2.20. The van der Waals surface area contributed by atoms with Gasteiger partial charge in [-0.3, -0.25) is 0 Å². The van der Waals surface area contributed by atoms with Crippen LogP contribution < -0.4 is 5.32 Å². The van der Waals surface area contributed by atoms with Crippen LogP contribution in [0.25, 0.3) is 0 Å². The summed E-state index contributed by atoms with van der Waals surface area (Å²) in [6.07, 6.45) is 1.19. The zero-order valence-electron chi connectivity index (χ0n) is 11.1. The lowest BCUT2D eigenvalue weighted by atomic mass is 9.98. The molecule has 94 valence electrons. The van der Waals surface area contributed by atoms with Gasteiger partial charge in [-0.25, -0.2) is 0 Å². The van der Waals surface area contributed by atoms with Crippen LogP contribution in [0, 0.1) is 12.8 Å². The van der Waals surface area contributed by atoms with Crippen molar-refractivity contribution >= 4 is 0 Å². The lowest BCUT2D eigenvalue weighted by Crippen LogP contribution is -2.35. The zero-order valence-corrected chi connectivity index (χ0v) is 11.1. The molecule has 1 aliphatic rings. The first-order chi connectivity index (χ1) is 8.16. The van der Waals surface area contributed by atoms with E-state index in [1.54, 1.807) is 0 Å². The summed E-state index contributed by atoms with van der Waals surface area (Å²) >= 11 is 0. The maximum absolute atomic E-state index is 5.44. The summed E-state index contributed by atoms with van der Waals surface area (Å²) < 4.78 is 5.44. The number of benzene rings is 1. The summed E-state index contributed by atoms with van der Waals surface area (Å²) in [6.45, 7) is 8.49. The van der Waals surface area contributed by atoms with Crippen LogP contribution >= 0.6 is 0 Å². The molecular formula is C15H23NO. The molecule has 0 aliphatic carbocycles. The van der Waals surface area contributed by atoms with Crippen LogP contribution in [0.2, 0.25) is 0 Å². The van der Waals surface area contributed by atoms with Gasteiger partial charge in [0.25, 0.3) is 0 Å². The summed E-state index contributed by atoms with van der Waals surface area (Å²) in [4.78, 5) is 0. The predicted molar refractivity (Wildman–Crippen MR) is 71.1 cm³/mol. The number of rotatable bonds is 4. The summed E-state index contributed by atoms with van der Waals surface area (Å²) in [5.41, 5.74) is 2.70. The van der Waals surface area contributed by atoms with Crippen molar-refractivity contribution in [3.63, 3.8) is 0 Å². The van der Waals surface area contributed by atoms with E-state index in [9.17, 15) is 0 Å². The van der Waals surface area contributed by atoms with Crippen LogP contribution in [-0.2, 0) is 4.74 Å². The Bertz CT molecular complexity index is 358. The third-order valence-electron chi connectivity index (χ3n) is 3.73. The fourth-order valence-electron chi connectivity index (χ4n) is 2.51. The molecule has 0 radical (unpaired) electrons. The van der Waals surface area contributed by atoms with Crippen molar-refractivity contribution in [2.75, 3.05) is 13.2 Å². The van der Waals surface area contributed by atoms with E-state index >= 15 is 0 Å². The minimum Gasteiger partial charge on any atom is -0.381 e. The lowest BCUT2D eigenvalue weighted by Gasteiger charge is -2.24. The quantitative estimate of drug-likeness (QED) is 0.863. The van der Waals surface area contributed by atoms with Crippen molar-refractivity contribution in [1.29, 1.82) is 0 Å². The van der Waals surface area contributed by atoms with Gasteiger partial charge in [-0.1, -0.05) is 29.8 Å². The van der Waals surface area contributed by atoms with Gasteiger partial charge >= 0.3 is 0 Å². The Kier molecular flexibility index (Phi) is 4.19. The largest absolute Gasteiger partial charge is 0.381 e. The molecule has 2 nitrogen and oxygen atoms in total. The van der Waals surface area contributed by atoms with Crippen LogP contribution in [0.3, 0.4) is 0 Å². The summed E-state index contributed by atoms with van der Waals surface area (Å²) in [5, 5.41) is 3.69. The van der Waals surface area contributed by atoms with E-state index in [1.165, 1.54) is 17.5 Å². The Hall–Kier alpha value is -0.860. The molecule has 1 saturated heterocycles. The van der Waals surface area contributed by atoms with Crippen molar-refractivity contribution in [3.8, 4) is 0 Å². The molecule has 1 heterocycles. The third kappa shape index (κ3) is 3.30. The van der Waals surface area contributed by atoms with Crippen molar-refractivity contribution in [2.24, 2.45) is 5.92 Å². The monoisotopic (exact) mass is 233 g/mol. The highest BCUT2D eigenvalue weighted by molar-refractivity contribution is 5.24. The molecule has 1 fully saturated rings. The average molecular weight is 233 g/mol. The van der Waals surface area contributed by atoms with Crippen molar-refractivity contribution < 1.29 is 4.74 Å². The second-order valence-corrected chi connectivity index (χ2v) is 5.21. The van der Waals surface area contributed by atoms with Crippen LogP contribution in [0.5, 0.6) is 0 Å². The number of aryl methyl sites for hydroxylation is 1. The van der Waals surface area contributed by atoms with Gasteiger partial charge in [-0.2, -0.15) is 0 Å². The number of hydrogen-bond donors (Lipinski definition) is 1. The van der Waals surface area contributed by atoms with E-state index in [4.69, 9.17) is 4.74 Å². The van der Waals surface area contributed by atoms with Gasteiger partial charge in [-0.05, 0) is 38.7 Å². The highest BCUT2D eigenvalue weighted by Gasteiger charge is 2.23. The second kappa shape index (κ2) is 5.65. The molecule has 1 aromatic carbocycles. The molecule has 17 heavy (non-hydrogen) atoms. The van der Waals surface area contributed by atoms with Gasteiger partial charge in [0.05, 0.1) is 6.61 Å². The Morgan fingerprint density at radius 2 is 2.18 bits per heavy atom. The van der Waals surface area contributed by atoms with Gasteiger partial charge in [-0.15, -0.1) is 0 Å². The molecule has 2 unspecified atom stereocenters. The normalized spacial score (nSPS) is 23.6.